The second-order valence-electron chi connectivity index (χ2n) is 8.80. The van der Waals surface area contributed by atoms with Crippen LogP contribution in [0.15, 0.2) is 52.3 Å². The van der Waals surface area contributed by atoms with E-state index in [1.807, 2.05) is 41.8 Å². The monoisotopic (exact) mass is 523 g/mol. The van der Waals surface area contributed by atoms with Gasteiger partial charge in [-0.3, -0.25) is 18.9 Å². The average Bonchev–Trinajstić information content (AvgIpc) is 3.14. The first-order valence-electron chi connectivity index (χ1n) is 11.9. The molecule has 2 aromatic heterocycles. The van der Waals surface area contributed by atoms with Crippen LogP contribution in [0.1, 0.15) is 24.5 Å². The summed E-state index contributed by atoms with van der Waals surface area (Å²) in [5, 5.41) is 0. The Bertz CT molecular complexity index is 1450. The predicted octanol–water partition coefficient (Wildman–Crippen LogP) is 4.08. The van der Waals surface area contributed by atoms with Crippen molar-refractivity contribution in [3.63, 3.8) is 0 Å². The normalized spacial score (nSPS) is 17.6. The third kappa shape index (κ3) is 4.39. The summed E-state index contributed by atoms with van der Waals surface area (Å²) in [5.41, 5.74) is 2.14. The summed E-state index contributed by atoms with van der Waals surface area (Å²) < 4.78 is 16.4. The van der Waals surface area contributed by atoms with Crippen LogP contribution < -0.4 is 15.4 Å². The Morgan fingerprint density at radius 1 is 1.08 bits per heavy atom. The van der Waals surface area contributed by atoms with Gasteiger partial charge in [-0.25, -0.2) is 9.37 Å². The van der Waals surface area contributed by atoms with Gasteiger partial charge in [0.15, 0.2) is 0 Å². The van der Waals surface area contributed by atoms with Gasteiger partial charge in [0.2, 0.25) is 0 Å². The molecule has 1 amide bonds. The number of amides is 1. The molecule has 4 heterocycles. The summed E-state index contributed by atoms with van der Waals surface area (Å²) in [6.45, 7) is 6.71. The van der Waals surface area contributed by atoms with Gasteiger partial charge in [-0.05, 0) is 43.2 Å². The molecular weight excluding hydrogens is 497 g/mol. The smallest absolute Gasteiger partial charge is 0.267 e. The zero-order chi connectivity index (χ0) is 25.4. The van der Waals surface area contributed by atoms with Gasteiger partial charge < -0.3 is 9.80 Å². The number of fused-ring (bicyclic) bond motifs is 1. The standard InChI is InChI=1S/C26H26FN5O2S2/c1-3-10-32-25(34)21(36-26(32)35)16-18-23(28-22-17(2)7-6-11-31(22)24(18)33)30-14-12-29(13-15-30)20-9-5-4-8-19(20)27/h4-9,11,16H,3,10,12-15H2,1-2H3. The van der Waals surface area contributed by atoms with Gasteiger partial charge in [0, 0.05) is 38.9 Å². The van der Waals surface area contributed by atoms with E-state index in [0.717, 1.165) is 12.0 Å². The van der Waals surface area contributed by atoms with Crippen LogP contribution >= 0.6 is 24.0 Å². The maximum atomic E-state index is 14.3. The number of nitrogens with zero attached hydrogens (tertiary/aromatic N) is 5. The fourth-order valence-corrected chi connectivity index (χ4v) is 5.87. The van der Waals surface area contributed by atoms with E-state index in [1.54, 1.807) is 29.3 Å². The SMILES string of the molecule is CCCN1C(=O)C(=Cc2c(N3CCN(c4ccccc4F)CC3)nc3c(C)cccn3c2=O)SC1=S. The number of pyridine rings is 1. The van der Waals surface area contributed by atoms with Crippen LogP contribution in [0.4, 0.5) is 15.9 Å². The Labute approximate surface area is 218 Å². The average molecular weight is 524 g/mol. The zero-order valence-corrected chi connectivity index (χ0v) is 21.7. The van der Waals surface area contributed by atoms with E-state index in [2.05, 4.69) is 0 Å². The lowest BCUT2D eigenvalue weighted by Gasteiger charge is -2.37. The Kier molecular flexibility index (Phi) is 6.81. The van der Waals surface area contributed by atoms with E-state index in [-0.39, 0.29) is 17.3 Å². The lowest BCUT2D eigenvalue weighted by molar-refractivity contribution is -0.122. The first-order valence-corrected chi connectivity index (χ1v) is 13.1. The molecule has 2 aliphatic heterocycles. The highest BCUT2D eigenvalue weighted by atomic mass is 32.2. The molecule has 1 aromatic carbocycles. The second-order valence-corrected chi connectivity index (χ2v) is 10.5. The molecule has 2 fully saturated rings. The van der Waals surface area contributed by atoms with Gasteiger partial charge in [0.1, 0.15) is 21.6 Å². The number of piperazine rings is 1. The number of para-hydroxylation sites is 1. The maximum Gasteiger partial charge on any atom is 0.267 e. The van der Waals surface area contributed by atoms with Crippen molar-refractivity contribution in [1.29, 1.82) is 0 Å². The Balaban J connectivity index is 1.55. The maximum absolute atomic E-state index is 14.3. The lowest BCUT2D eigenvalue weighted by atomic mass is 10.2. The van der Waals surface area contributed by atoms with Gasteiger partial charge in [-0.15, -0.1) is 0 Å². The number of halogens is 1. The van der Waals surface area contributed by atoms with E-state index in [0.29, 0.717) is 64.7 Å². The van der Waals surface area contributed by atoms with Crippen LogP contribution in [-0.4, -0.2) is 57.2 Å². The Morgan fingerprint density at radius 2 is 1.81 bits per heavy atom. The van der Waals surface area contributed by atoms with Gasteiger partial charge in [-0.2, -0.15) is 0 Å². The van der Waals surface area contributed by atoms with Gasteiger partial charge >= 0.3 is 0 Å². The van der Waals surface area contributed by atoms with Crippen molar-refractivity contribution in [3.05, 3.63) is 74.8 Å². The highest BCUT2D eigenvalue weighted by Gasteiger charge is 2.32. The van der Waals surface area contributed by atoms with Crippen molar-refractivity contribution in [2.45, 2.75) is 20.3 Å². The fourth-order valence-electron chi connectivity index (χ4n) is 4.58. The van der Waals surface area contributed by atoms with Crippen molar-refractivity contribution < 1.29 is 9.18 Å². The van der Waals surface area contributed by atoms with Crippen molar-refractivity contribution in [2.75, 3.05) is 42.5 Å². The fraction of sp³-hybridized carbons (Fsp3) is 0.308. The van der Waals surface area contributed by atoms with Crippen LogP contribution in [-0.2, 0) is 4.79 Å². The zero-order valence-electron chi connectivity index (χ0n) is 20.1. The third-order valence-corrected chi connectivity index (χ3v) is 7.81. The Hall–Kier alpha value is -3.24. The lowest BCUT2D eigenvalue weighted by Crippen LogP contribution is -2.47. The largest absolute Gasteiger partial charge is 0.366 e. The Morgan fingerprint density at radius 3 is 2.53 bits per heavy atom. The molecule has 3 aromatic rings. The molecule has 0 atom stereocenters. The minimum Gasteiger partial charge on any atom is -0.366 e. The molecule has 0 saturated carbocycles. The highest BCUT2D eigenvalue weighted by molar-refractivity contribution is 8.26. The van der Waals surface area contributed by atoms with Crippen LogP contribution in [0.2, 0.25) is 0 Å². The molecule has 2 aliphatic rings. The number of rotatable bonds is 5. The van der Waals surface area contributed by atoms with E-state index in [9.17, 15) is 14.0 Å². The minimum atomic E-state index is -0.251. The first kappa shape index (κ1) is 24.5. The molecule has 0 spiro atoms. The van der Waals surface area contributed by atoms with E-state index in [1.165, 1.54) is 22.2 Å². The molecular formula is C26H26FN5O2S2. The molecule has 0 bridgehead atoms. The van der Waals surface area contributed by atoms with Gasteiger partial charge in [0.25, 0.3) is 11.5 Å². The quantitative estimate of drug-likeness (QED) is 0.369. The summed E-state index contributed by atoms with van der Waals surface area (Å²) in [6.07, 6.45) is 4.12. The van der Waals surface area contributed by atoms with Crippen molar-refractivity contribution in [2.24, 2.45) is 0 Å². The molecule has 0 aliphatic carbocycles. The number of benzene rings is 1. The molecule has 7 nitrogen and oxygen atoms in total. The number of aryl methyl sites for hydroxylation is 1. The van der Waals surface area contributed by atoms with E-state index >= 15 is 0 Å². The molecule has 0 N–H and O–H groups in total. The van der Waals surface area contributed by atoms with E-state index in [4.69, 9.17) is 17.2 Å². The number of hydrogen-bond donors (Lipinski definition) is 0. The van der Waals surface area contributed by atoms with Crippen molar-refractivity contribution in [1.82, 2.24) is 14.3 Å². The molecule has 186 valence electrons. The number of thiocarbonyl (C=S) groups is 1. The van der Waals surface area contributed by atoms with Crippen LogP contribution in [0, 0.1) is 12.7 Å². The number of hydrogen-bond acceptors (Lipinski definition) is 7. The van der Waals surface area contributed by atoms with Crippen LogP contribution in [0.25, 0.3) is 11.7 Å². The number of carbonyl (C=O) groups is 1. The molecule has 36 heavy (non-hydrogen) atoms. The molecule has 0 unspecified atom stereocenters. The van der Waals surface area contributed by atoms with E-state index < -0.39 is 0 Å². The number of thioether (sulfide) groups is 1. The van der Waals surface area contributed by atoms with Crippen molar-refractivity contribution >= 4 is 57.4 Å². The molecule has 2 saturated heterocycles. The predicted molar refractivity (Wildman–Crippen MR) is 147 cm³/mol. The number of carbonyl (C=O) groups excluding carboxylic acids is 1. The van der Waals surface area contributed by atoms with Crippen LogP contribution in [0.5, 0.6) is 0 Å². The van der Waals surface area contributed by atoms with Gasteiger partial charge in [0.05, 0.1) is 16.2 Å². The van der Waals surface area contributed by atoms with Gasteiger partial charge in [-0.1, -0.05) is 49.1 Å². The second kappa shape index (κ2) is 10.0. The first-order chi connectivity index (χ1) is 17.4. The topological polar surface area (TPSA) is 61.2 Å². The third-order valence-electron chi connectivity index (χ3n) is 6.43. The summed E-state index contributed by atoms with van der Waals surface area (Å²) >= 11 is 6.63. The summed E-state index contributed by atoms with van der Waals surface area (Å²) in [4.78, 5) is 37.7. The molecule has 10 heteroatoms. The van der Waals surface area contributed by atoms with Crippen LogP contribution in [0.3, 0.4) is 0 Å². The summed E-state index contributed by atoms with van der Waals surface area (Å²) in [6, 6.07) is 10.5. The molecule has 5 rings (SSSR count). The highest BCUT2D eigenvalue weighted by Crippen LogP contribution is 2.34. The number of aromatic nitrogens is 2. The number of anilines is 2. The molecule has 0 radical (unpaired) electrons. The summed E-state index contributed by atoms with van der Waals surface area (Å²) in [5.74, 6) is 0.0950. The van der Waals surface area contributed by atoms with Crippen molar-refractivity contribution in [3.8, 4) is 0 Å². The summed E-state index contributed by atoms with van der Waals surface area (Å²) in [7, 11) is 0. The minimum absolute atomic E-state index is 0.184.